The molecule has 0 saturated heterocycles. The smallest absolute Gasteiger partial charge is 0.354 e. The van der Waals surface area contributed by atoms with Crippen LogP contribution in [0.25, 0.3) is 0 Å². The third-order valence-electron chi connectivity index (χ3n) is 2.52. The summed E-state index contributed by atoms with van der Waals surface area (Å²) in [4.78, 5) is 21.7. The number of aromatic carboxylic acids is 1. The van der Waals surface area contributed by atoms with E-state index in [1.165, 1.54) is 6.07 Å². The van der Waals surface area contributed by atoms with Gasteiger partial charge < -0.3 is 10.0 Å². The highest BCUT2D eigenvalue weighted by atomic mass is 16.4. The summed E-state index contributed by atoms with van der Waals surface area (Å²) in [6.45, 7) is 11.9. The van der Waals surface area contributed by atoms with E-state index in [1.54, 1.807) is 6.92 Å². The second-order valence-corrected chi connectivity index (χ2v) is 5.69. The first kappa shape index (κ1) is 15.4. The van der Waals surface area contributed by atoms with Gasteiger partial charge >= 0.3 is 5.97 Å². The van der Waals surface area contributed by atoms with Crippen molar-refractivity contribution in [1.82, 2.24) is 9.97 Å². The van der Waals surface area contributed by atoms with Crippen LogP contribution in [0.1, 0.15) is 43.9 Å². The van der Waals surface area contributed by atoms with Gasteiger partial charge in [0.15, 0.2) is 5.69 Å². The Bertz CT molecular complexity index is 434. The highest BCUT2D eigenvalue weighted by molar-refractivity contribution is 5.85. The van der Waals surface area contributed by atoms with Crippen molar-refractivity contribution in [3.63, 3.8) is 0 Å². The maximum atomic E-state index is 11.1. The van der Waals surface area contributed by atoms with Crippen LogP contribution in [0.15, 0.2) is 6.07 Å². The van der Waals surface area contributed by atoms with Crippen LogP contribution in [0.3, 0.4) is 0 Å². The molecule has 5 nitrogen and oxygen atoms in total. The molecule has 0 fully saturated rings. The fourth-order valence-corrected chi connectivity index (χ4v) is 1.92. The number of carboxylic acids is 1. The van der Waals surface area contributed by atoms with E-state index in [0.717, 1.165) is 13.1 Å². The molecule has 0 atom stereocenters. The molecule has 1 aromatic rings. The molecule has 19 heavy (non-hydrogen) atoms. The van der Waals surface area contributed by atoms with Gasteiger partial charge in [0.05, 0.1) is 0 Å². The summed E-state index contributed by atoms with van der Waals surface area (Å²) in [7, 11) is 0. The van der Waals surface area contributed by atoms with Crippen molar-refractivity contribution in [3.8, 4) is 0 Å². The van der Waals surface area contributed by atoms with E-state index in [9.17, 15) is 4.79 Å². The zero-order valence-electron chi connectivity index (χ0n) is 12.3. The molecule has 106 valence electrons. The van der Waals surface area contributed by atoms with E-state index < -0.39 is 5.97 Å². The molecule has 0 amide bonds. The van der Waals surface area contributed by atoms with Crippen molar-refractivity contribution in [1.29, 1.82) is 0 Å². The lowest BCUT2D eigenvalue weighted by Crippen LogP contribution is -2.33. The maximum Gasteiger partial charge on any atom is 0.354 e. The van der Waals surface area contributed by atoms with E-state index in [4.69, 9.17) is 5.11 Å². The molecule has 0 saturated carbocycles. The first-order valence-corrected chi connectivity index (χ1v) is 6.63. The lowest BCUT2D eigenvalue weighted by Gasteiger charge is -2.26. The molecular weight excluding hydrogens is 242 g/mol. The number of aromatic nitrogens is 2. The molecule has 0 aliphatic heterocycles. The minimum Gasteiger partial charge on any atom is -0.477 e. The van der Waals surface area contributed by atoms with Gasteiger partial charge in [0, 0.05) is 18.8 Å². The monoisotopic (exact) mass is 265 g/mol. The Morgan fingerprint density at radius 3 is 2.16 bits per heavy atom. The lowest BCUT2D eigenvalue weighted by molar-refractivity contribution is 0.0690. The van der Waals surface area contributed by atoms with Crippen LogP contribution in [-0.2, 0) is 0 Å². The summed E-state index contributed by atoms with van der Waals surface area (Å²) < 4.78 is 0. The number of carboxylic acid groups (broad SMARTS) is 1. The number of aryl methyl sites for hydroxylation is 1. The molecular formula is C14H23N3O2. The molecule has 0 bridgehead atoms. The largest absolute Gasteiger partial charge is 0.477 e. The fourth-order valence-electron chi connectivity index (χ4n) is 1.92. The molecule has 0 radical (unpaired) electrons. The third kappa shape index (κ3) is 4.85. The molecule has 5 heteroatoms. The van der Waals surface area contributed by atoms with E-state index in [0.29, 0.717) is 23.5 Å². The lowest BCUT2D eigenvalue weighted by atomic mass is 10.1. The van der Waals surface area contributed by atoms with E-state index in [-0.39, 0.29) is 5.69 Å². The SMILES string of the molecule is Cc1cc(C(=O)O)nc(N(CC(C)C)CC(C)C)n1. The summed E-state index contributed by atoms with van der Waals surface area (Å²) >= 11 is 0. The van der Waals surface area contributed by atoms with Crippen LogP contribution in [0.2, 0.25) is 0 Å². The average molecular weight is 265 g/mol. The maximum absolute atomic E-state index is 11.1. The van der Waals surface area contributed by atoms with Crippen molar-refractivity contribution < 1.29 is 9.90 Å². The zero-order valence-corrected chi connectivity index (χ0v) is 12.3. The Labute approximate surface area is 114 Å². The minimum atomic E-state index is -1.01. The van der Waals surface area contributed by atoms with Gasteiger partial charge in [0.1, 0.15) is 0 Å². The molecule has 1 heterocycles. The van der Waals surface area contributed by atoms with Gasteiger partial charge in [0.25, 0.3) is 0 Å². The Hall–Kier alpha value is -1.65. The number of carbonyl (C=O) groups is 1. The standard InChI is InChI=1S/C14H23N3O2/c1-9(2)7-17(8-10(3)4)14-15-11(5)6-12(16-14)13(18)19/h6,9-10H,7-8H2,1-5H3,(H,18,19). The van der Waals surface area contributed by atoms with Crippen molar-refractivity contribution in [2.24, 2.45) is 11.8 Å². The van der Waals surface area contributed by atoms with Crippen LogP contribution < -0.4 is 4.90 Å². The Morgan fingerprint density at radius 1 is 1.21 bits per heavy atom. The van der Waals surface area contributed by atoms with Crippen LogP contribution in [0.5, 0.6) is 0 Å². The topological polar surface area (TPSA) is 66.3 Å². The van der Waals surface area contributed by atoms with Gasteiger partial charge in [-0.3, -0.25) is 0 Å². The van der Waals surface area contributed by atoms with Crippen molar-refractivity contribution in [2.75, 3.05) is 18.0 Å². The number of rotatable bonds is 6. The van der Waals surface area contributed by atoms with E-state index in [2.05, 4.69) is 42.6 Å². The van der Waals surface area contributed by atoms with Gasteiger partial charge in [-0.1, -0.05) is 27.7 Å². The predicted molar refractivity (Wildman–Crippen MR) is 75.6 cm³/mol. The highest BCUT2D eigenvalue weighted by Gasteiger charge is 2.16. The van der Waals surface area contributed by atoms with Crippen LogP contribution in [-0.4, -0.2) is 34.1 Å². The predicted octanol–water partition coefficient (Wildman–Crippen LogP) is 2.60. The Kier molecular flexibility index (Phi) is 5.27. The number of hydrogen-bond acceptors (Lipinski definition) is 4. The first-order chi connectivity index (χ1) is 8.79. The van der Waals surface area contributed by atoms with E-state index in [1.807, 2.05) is 0 Å². The third-order valence-corrected chi connectivity index (χ3v) is 2.52. The normalized spacial score (nSPS) is 11.1. The molecule has 1 aromatic heterocycles. The van der Waals surface area contributed by atoms with Crippen molar-refractivity contribution in [3.05, 3.63) is 17.5 Å². The fraction of sp³-hybridized carbons (Fsp3) is 0.643. The average Bonchev–Trinajstić information content (AvgIpc) is 2.25. The number of hydrogen-bond donors (Lipinski definition) is 1. The summed E-state index contributed by atoms with van der Waals surface area (Å²) in [6, 6.07) is 1.49. The van der Waals surface area contributed by atoms with Crippen LogP contribution in [0.4, 0.5) is 5.95 Å². The molecule has 0 aliphatic rings. The van der Waals surface area contributed by atoms with Gasteiger partial charge in [-0.2, -0.15) is 0 Å². The summed E-state index contributed by atoms with van der Waals surface area (Å²) in [5, 5.41) is 9.07. The zero-order chi connectivity index (χ0) is 14.6. The highest BCUT2D eigenvalue weighted by Crippen LogP contribution is 2.14. The first-order valence-electron chi connectivity index (χ1n) is 6.63. The van der Waals surface area contributed by atoms with Crippen LogP contribution >= 0.6 is 0 Å². The van der Waals surface area contributed by atoms with Crippen LogP contribution in [0, 0.1) is 18.8 Å². The van der Waals surface area contributed by atoms with Crippen molar-refractivity contribution in [2.45, 2.75) is 34.6 Å². The number of nitrogens with zero attached hydrogens (tertiary/aromatic N) is 3. The Balaban J connectivity index is 3.09. The van der Waals surface area contributed by atoms with Gasteiger partial charge in [0.2, 0.25) is 5.95 Å². The number of anilines is 1. The summed E-state index contributed by atoms with van der Waals surface area (Å²) in [5.74, 6) is 0.438. The molecule has 1 N–H and O–H groups in total. The minimum absolute atomic E-state index is 0.0556. The molecule has 0 spiro atoms. The summed E-state index contributed by atoms with van der Waals surface area (Å²) in [6.07, 6.45) is 0. The quantitative estimate of drug-likeness (QED) is 0.856. The molecule has 0 unspecified atom stereocenters. The molecule has 0 aromatic carbocycles. The summed E-state index contributed by atoms with van der Waals surface area (Å²) in [5.41, 5.74) is 0.736. The Morgan fingerprint density at radius 2 is 1.74 bits per heavy atom. The van der Waals surface area contributed by atoms with Gasteiger partial charge in [-0.25, -0.2) is 14.8 Å². The molecule has 0 aliphatic carbocycles. The van der Waals surface area contributed by atoms with Crippen molar-refractivity contribution >= 4 is 11.9 Å². The second kappa shape index (κ2) is 6.50. The van der Waals surface area contributed by atoms with Gasteiger partial charge in [-0.15, -0.1) is 0 Å². The van der Waals surface area contributed by atoms with E-state index >= 15 is 0 Å². The molecule has 1 rings (SSSR count). The second-order valence-electron chi connectivity index (χ2n) is 5.69. The van der Waals surface area contributed by atoms with Gasteiger partial charge in [-0.05, 0) is 24.8 Å².